The molecule has 2 N–H and O–H groups in total. The lowest BCUT2D eigenvalue weighted by atomic mass is 9.83. The van der Waals surface area contributed by atoms with Crippen LogP contribution in [-0.2, 0) is 0 Å². The number of carbonyl (C=O) groups is 1. The van der Waals surface area contributed by atoms with Crippen LogP contribution in [0.1, 0.15) is 40.7 Å². The van der Waals surface area contributed by atoms with Gasteiger partial charge in [0.1, 0.15) is 28.9 Å². The molecule has 6 nitrogen and oxygen atoms in total. The molecule has 0 fully saturated rings. The summed E-state index contributed by atoms with van der Waals surface area (Å²) in [5.41, 5.74) is 8.22. The topological polar surface area (TPSA) is 94.6 Å². The summed E-state index contributed by atoms with van der Waals surface area (Å²) in [4.78, 5) is 12.5. The number of carbonyl (C=O) groups excluding carboxylic acids is 1. The second-order valence-corrected chi connectivity index (χ2v) is 7.82. The van der Waals surface area contributed by atoms with Crippen molar-refractivity contribution in [2.24, 2.45) is 5.73 Å². The zero-order valence-electron chi connectivity index (χ0n) is 17.9. The smallest absolute Gasteiger partial charge is 0.345 e. The van der Waals surface area contributed by atoms with Crippen molar-refractivity contribution >= 4 is 17.6 Å². The highest BCUT2D eigenvalue weighted by atomic mass is 35.5. The Bertz CT molecular complexity index is 1280. The van der Waals surface area contributed by atoms with Gasteiger partial charge in [-0.1, -0.05) is 48.9 Å². The van der Waals surface area contributed by atoms with Gasteiger partial charge in [-0.25, -0.2) is 4.79 Å². The number of fused-ring (bicyclic) bond motifs is 1. The molecule has 1 atom stereocenters. The molecule has 0 radical (unpaired) electrons. The van der Waals surface area contributed by atoms with Crippen LogP contribution < -0.4 is 19.9 Å². The van der Waals surface area contributed by atoms with Crippen LogP contribution in [0.25, 0.3) is 0 Å². The molecular weight excluding hydrogens is 440 g/mol. The molecule has 3 aromatic rings. The Balaban J connectivity index is 1.68. The molecule has 0 aromatic heterocycles. The van der Waals surface area contributed by atoms with Gasteiger partial charge < -0.3 is 19.9 Å². The fourth-order valence-electron chi connectivity index (χ4n) is 3.63. The van der Waals surface area contributed by atoms with E-state index in [2.05, 4.69) is 6.07 Å². The monoisotopic (exact) mass is 460 g/mol. The Morgan fingerprint density at radius 1 is 1.12 bits per heavy atom. The quantitative estimate of drug-likeness (QED) is 0.382. The van der Waals surface area contributed by atoms with Gasteiger partial charge in [0.25, 0.3) is 0 Å². The molecule has 0 amide bonds. The SMILES string of the molecule is CCCOc1cccc(C2C(C#N)=C(N)Oc3cc(OC(=O)c4ccccc4Cl)ccc32)c1. The van der Waals surface area contributed by atoms with Crippen LogP contribution in [0.15, 0.2) is 78.2 Å². The van der Waals surface area contributed by atoms with E-state index in [9.17, 15) is 10.1 Å². The predicted octanol–water partition coefficient (Wildman–Crippen LogP) is 5.57. The highest BCUT2D eigenvalue weighted by Gasteiger charge is 2.31. The Hall–Kier alpha value is -3.95. The minimum absolute atomic E-state index is 0.00413. The van der Waals surface area contributed by atoms with Crippen molar-refractivity contribution in [2.45, 2.75) is 19.3 Å². The van der Waals surface area contributed by atoms with Crippen molar-refractivity contribution < 1.29 is 19.0 Å². The third-order valence-electron chi connectivity index (χ3n) is 5.16. The molecular formula is C26H21ClN2O4. The summed E-state index contributed by atoms with van der Waals surface area (Å²) in [6, 6.07) is 21.4. The molecule has 4 rings (SSSR count). The van der Waals surface area contributed by atoms with E-state index in [0.717, 1.165) is 17.5 Å². The number of benzene rings is 3. The molecule has 1 unspecified atom stereocenters. The van der Waals surface area contributed by atoms with Crippen LogP contribution >= 0.6 is 11.6 Å². The maximum atomic E-state index is 12.5. The van der Waals surface area contributed by atoms with E-state index >= 15 is 0 Å². The Labute approximate surface area is 196 Å². The summed E-state index contributed by atoms with van der Waals surface area (Å²) < 4.78 is 17.0. The number of esters is 1. The number of allylic oxidation sites excluding steroid dienone is 1. The number of hydrogen-bond acceptors (Lipinski definition) is 6. The van der Waals surface area contributed by atoms with Gasteiger partial charge in [0.2, 0.25) is 5.88 Å². The van der Waals surface area contributed by atoms with Crippen LogP contribution in [0.4, 0.5) is 0 Å². The maximum absolute atomic E-state index is 12.5. The third-order valence-corrected chi connectivity index (χ3v) is 5.49. The number of nitrogens with two attached hydrogens (primary N) is 1. The van der Waals surface area contributed by atoms with E-state index in [1.807, 2.05) is 31.2 Å². The Morgan fingerprint density at radius 2 is 1.94 bits per heavy atom. The molecule has 0 aliphatic carbocycles. The molecule has 0 saturated carbocycles. The predicted molar refractivity (Wildman–Crippen MR) is 124 cm³/mol. The molecule has 7 heteroatoms. The summed E-state index contributed by atoms with van der Waals surface area (Å²) in [5, 5.41) is 10.1. The first-order valence-corrected chi connectivity index (χ1v) is 10.8. The number of halogens is 1. The maximum Gasteiger partial charge on any atom is 0.345 e. The van der Waals surface area contributed by atoms with E-state index in [-0.39, 0.29) is 17.2 Å². The Morgan fingerprint density at radius 3 is 2.70 bits per heavy atom. The van der Waals surface area contributed by atoms with Gasteiger partial charge in [-0.3, -0.25) is 0 Å². The minimum Gasteiger partial charge on any atom is -0.494 e. The fraction of sp³-hybridized carbons (Fsp3) is 0.154. The van der Waals surface area contributed by atoms with Crippen LogP contribution in [0.3, 0.4) is 0 Å². The fourth-order valence-corrected chi connectivity index (χ4v) is 3.85. The van der Waals surface area contributed by atoms with Crippen molar-refractivity contribution in [2.75, 3.05) is 6.61 Å². The second kappa shape index (κ2) is 9.68. The molecule has 1 aliphatic heterocycles. The standard InChI is InChI=1S/C26H21ClN2O4/c1-2-12-31-17-7-5-6-16(13-17)24-20-11-10-18(14-23(20)33-25(29)21(24)15-28)32-26(30)19-8-3-4-9-22(19)27/h3-11,13-14,24H,2,12,29H2,1H3. The van der Waals surface area contributed by atoms with Gasteiger partial charge in [0.15, 0.2) is 0 Å². The van der Waals surface area contributed by atoms with Crippen molar-refractivity contribution in [3.05, 3.63) is 99.9 Å². The van der Waals surface area contributed by atoms with Gasteiger partial charge in [-0.05, 0) is 42.3 Å². The summed E-state index contributed by atoms with van der Waals surface area (Å²) in [7, 11) is 0. The largest absolute Gasteiger partial charge is 0.494 e. The highest BCUT2D eigenvalue weighted by Crippen LogP contribution is 2.44. The zero-order valence-corrected chi connectivity index (χ0v) is 18.6. The number of nitriles is 1. The van der Waals surface area contributed by atoms with E-state index in [0.29, 0.717) is 28.7 Å². The molecule has 0 saturated heterocycles. The Kier molecular flexibility index (Phi) is 6.53. The molecule has 3 aromatic carbocycles. The number of rotatable bonds is 6. The summed E-state index contributed by atoms with van der Waals surface area (Å²) in [6.45, 7) is 2.63. The highest BCUT2D eigenvalue weighted by molar-refractivity contribution is 6.33. The van der Waals surface area contributed by atoms with E-state index in [4.69, 9.17) is 31.5 Å². The average Bonchev–Trinajstić information content (AvgIpc) is 2.82. The van der Waals surface area contributed by atoms with Gasteiger partial charge in [0.05, 0.1) is 23.1 Å². The van der Waals surface area contributed by atoms with Gasteiger partial charge in [-0.15, -0.1) is 0 Å². The average molecular weight is 461 g/mol. The van der Waals surface area contributed by atoms with Gasteiger partial charge >= 0.3 is 5.97 Å². The minimum atomic E-state index is -0.588. The number of nitrogens with zero attached hydrogens (tertiary/aromatic N) is 1. The first kappa shape index (κ1) is 22.3. The van der Waals surface area contributed by atoms with E-state index in [1.54, 1.807) is 42.5 Å². The molecule has 0 bridgehead atoms. The molecule has 1 heterocycles. The van der Waals surface area contributed by atoms with E-state index in [1.165, 1.54) is 0 Å². The van der Waals surface area contributed by atoms with Crippen LogP contribution in [0.2, 0.25) is 5.02 Å². The van der Waals surface area contributed by atoms with Crippen molar-refractivity contribution in [1.29, 1.82) is 5.26 Å². The van der Waals surface area contributed by atoms with Crippen LogP contribution in [0, 0.1) is 11.3 Å². The van der Waals surface area contributed by atoms with Gasteiger partial charge in [-0.2, -0.15) is 5.26 Å². The molecule has 166 valence electrons. The van der Waals surface area contributed by atoms with Crippen LogP contribution in [0.5, 0.6) is 17.2 Å². The summed E-state index contributed by atoms with van der Waals surface area (Å²) >= 11 is 6.09. The normalized spacial score (nSPS) is 14.6. The lowest BCUT2D eigenvalue weighted by Crippen LogP contribution is -2.21. The first-order valence-electron chi connectivity index (χ1n) is 10.4. The molecule has 1 aliphatic rings. The van der Waals surface area contributed by atoms with Crippen molar-refractivity contribution in [3.63, 3.8) is 0 Å². The summed E-state index contributed by atoms with van der Waals surface area (Å²) in [6.07, 6.45) is 0.885. The number of hydrogen-bond donors (Lipinski definition) is 1. The van der Waals surface area contributed by atoms with Gasteiger partial charge in [0, 0.05) is 11.6 Å². The second-order valence-electron chi connectivity index (χ2n) is 7.41. The lowest BCUT2D eigenvalue weighted by Gasteiger charge is -2.27. The summed E-state index contributed by atoms with van der Waals surface area (Å²) in [5.74, 6) is 0.353. The van der Waals surface area contributed by atoms with E-state index < -0.39 is 11.9 Å². The number of ether oxygens (including phenoxy) is 3. The molecule has 33 heavy (non-hydrogen) atoms. The van der Waals surface area contributed by atoms with Crippen LogP contribution in [-0.4, -0.2) is 12.6 Å². The third kappa shape index (κ3) is 4.64. The van der Waals surface area contributed by atoms with Crippen molar-refractivity contribution in [3.8, 4) is 23.3 Å². The van der Waals surface area contributed by atoms with Crippen molar-refractivity contribution in [1.82, 2.24) is 0 Å². The molecule has 0 spiro atoms. The zero-order chi connectivity index (χ0) is 23.4. The lowest BCUT2D eigenvalue weighted by molar-refractivity contribution is 0.0734. The first-order chi connectivity index (χ1) is 16.0.